The molecule has 1 aromatic heterocycles. The first kappa shape index (κ1) is 13.9. The van der Waals surface area contributed by atoms with E-state index < -0.39 is 0 Å². The molecular weight excluding hydrogens is 256 g/mol. The van der Waals surface area contributed by atoms with Crippen LogP contribution in [0.1, 0.15) is 18.1 Å². The van der Waals surface area contributed by atoms with Gasteiger partial charge in [0.25, 0.3) is 0 Å². The third-order valence-electron chi connectivity index (χ3n) is 2.71. The van der Waals surface area contributed by atoms with Gasteiger partial charge in [-0.15, -0.1) is 0 Å². The predicted octanol–water partition coefficient (Wildman–Crippen LogP) is 1.68. The first-order chi connectivity index (χ1) is 9.60. The van der Waals surface area contributed by atoms with Crippen LogP contribution in [0.2, 0.25) is 0 Å². The van der Waals surface area contributed by atoms with Crippen LogP contribution in [0.15, 0.2) is 30.6 Å². The van der Waals surface area contributed by atoms with E-state index in [4.69, 9.17) is 20.6 Å². The molecule has 0 unspecified atom stereocenters. The molecule has 2 rings (SSSR count). The third-order valence-corrected chi connectivity index (χ3v) is 2.71. The second-order valence-electron chi connectivity index (χ2n) is 4.32. The van der Waals surface area contributed by atoms with Gasteiger partial charge in [-0.1, -0.05) is 0 Å². The van der Waals surface area contributed by atoms with Gasteiger partial charge < -0.3 is 15.2 Å². The van der Waals surface area contributed by atoms with Crippen LogP contribution in [0.4, 0.5) is 0 Å². The molecule has 2 aromatic rings. The summed E-state index contributed by atoms with van der Waals surface area (Å²) in [7, 11) is 1.86. The SMILES string of the molecule is CCOc1cc(C(=N)N)ccc1OCc1cnn(C)c1. The fraction of sp³-hybridized carbons (Fsp3) is 0.286. The van der Waals surface area contributed by atoms with Crippen molar-refractivity contribution in [3.8, 4) is 11.5 Å². The summed E-state index contributed by atoms with van der Waals surface area (Å²) in [6.45, 7) is 2.82. The Morgan fingerprint density at radius 3 is 2.75 bits per heavy atom. The average molecular weight is 274 g/mol. The van der Waals surface area contributed by atoms with E-state index >= 15 is 0 Å². The van der Waals surface area contributed by atoms with Gasteiger partial charge in [-0.3, -0.25) is 10.1 Å². The maximum atomic E-state index is 7.44. The van der Waals surface area contributed by atoms with Crippen molar-refractivity contribution in [2.45, 2.75) is 13.5 Å². The van der Waals surface area contributed by atoms with E-state index in [1.807, 2.05) is 20.2 Å². The lowest BCUT2D eigenvalue weighted by atomic mass is 10.2. The Morgan fingerprint density at radius 2 is 2.15 bits per heavy atom. The number of hydrogen-bond acceptors (Lipinski definition) is 4. The largest absolute Gasteiger partial charge is 0.490 e. The number of aromatic nitrogens is 2. The molecule has 0 aliphatic rings. The quantitative estimate of drug-likeness (QED) is 0.620. The van der Waals surface area contributed by atoms with Crippen LogP contribution in [0.5, 0.6) is 11.5 Å². The Balaban J connectivity index is 2.15. The lowest BCUT2D eigenvalue weighted by Gasteiger charge is -2.12. The van der Waals surface area contributed by atoms with Crippen molar-refractivity contribution in [2.24, 2.45) is 12.8 Å². The van der Waals surface area contributed by atoms with Crippen molar-refractivity contribution >= 4 is 5.84 Å². The highest BCUT2D eigenvalue weighted by Crippen LogP contribution is 2.29. The maximum Gasteiger partial charge on any atom is 0.161 e. The monoisotopic (exact) mass is 274 g/mol. The lowest BCUT2D eigenvalue weighted by Crippen LogP contribution is -2.11. The second kappa shape index (κ2) is 6.10. The van der Waals surface area contributed by atoms with Crippen molar-refractivity contribution in [3.63, 3.8) is 0 Å². The summed E-state index contributed by atoms with van der Waals surface area (Å²) in [5.41, 5.74) is 7.06. The summed E-state index contributed by atoms with van der Waals surface area (Å²) in [6.07, 6.45) is 3.65. The number of aryl methyl sites for hydroxylation is 1. The number of amidine groups is 1. The van der Waals surface area contributed by atoms with Crippen molar-refractivity contribution in [2.75, 3.05) is 6.61 Å². The van der Waals surface area contributed by atoms with E-state index in [1.165, 1.54) is 0 Å². The normalized spacial score (nSPS) is 10.3. The van der Waals surface area contributed by atoms with Crippen LogP contribution in [0.3, 0.4) is 0 Å². The zero-order chi connectivity index (χ0) is 14.5. The Hall–Kier alpha value is -2.50. The van der Waals surface area contributed by atoms with Crippen LogP contribution in [0.25, 0.3) is 0 Å². The average Bonchev–Trinajstić information content (AvgIpc) is 2.83. The standard InChI is InChI=1S/C14H18N4O2/c1-3-19-13-6-11(14(15)16)4-5-12(13)20-9-10-7-17-18(2)8-10/h4-8H,3,9H2,1-2H3,(H3,15,16). The summed E-state index contributed by atoms with van der Waals surface area (Å²) in [5, 5.41) is 11.5. The van der Waals surface area contributed by atoms with Crippen LogP contribution in [-0.2, 0) is 13.7 Å². The second-order valence-corrected chi connectivity index (χ2v) is 4.32. The number of nitrogens with two attached hydrogens (primary N) is 1. The molecule has 20 heavy (non-hydrogen) atoms. The molecule has 0 spiro atoms. The fourth-order valence-corrected chi connectivity index (χ4v) is 1.77. The molecule has 0 aliphatic heterocycles. The van der Waals surface area contributed by atoms with Gasteiger partial charge in [0.1, 0.15) is 12.4 Å². The Kier molecular flexibility index (Phi) is 4.24. The predicted molar refractivity (Wildman–Crippen MR) is 76.2 cm³/mol. The zero-order valence-corrected chi connectivity index (χ0v) is 11.6. The summed E-state index contributed by atoms with van der Waals surface area (Å²) < 4.78 is 13.0. The molecule has 3 N–H and O–H groups in total. The van der Waals surface area contributed by atoms with Crippen molar-refractivity contribution in [3.05, 3.63) is 41.7 Å². The van der Waals surface area contributed by atoms with Crippen molar-refractivity contribution < 1.29 is 9.47 Å². The van der Waals surface area contributed by atoms with E-state index in [0.717, 1.165) is 5.56 Å². The van der Waals surface area contributed by atoms with Gasteiger partial charge >= 0.3 is 0 Å². The van der Waals surface area contributed by atoms with Gasteiger partial charge in [0.15, 0.2) is 11.5 Å². The fourth-order valence-electron chi connectivity index (χ4n) is 1.77. The van der Waals surface area contributed by atoms with Crippen molar-refractivity contribution in [1.29, 1.82) is 5.41 Å². The van der Waals surface area contributed by atoms with E-state index in [0.29, 0.717) is 30.3 Å². The molecule has 0 saturated heterocycles. The minimum absolute atomic E-state index is 0.00441. The van der Waals surface area contributed by atoms with Crippen LogP contribution in [-0.4, -0.2) is 22.2 Å². The highest BCUT2D eigenvalue weighted by Gasteiger charge is 2.08. The molecule has 6 heteroatoms. The highest BCUT2D eigenvalue weighted by molar-refractivity contribution is 5.95. The first-order valence-corrected chi connectivity index (χ1v) is 6.31. The van der Waals surface area contributed by atoms with Crippen LogP contribution in [0, 0.1) is 5.41 Å². The number of hydrogen-bond donors (Lipinski definition) is 2. The summed E-state index contributed by atoms with van der Waals surface area (Å²) >= 11 is 0. The van der Waals surface area contributed by atoms with Crippen LogP contribution < -0.4 is 15.2 Å². The maximum absolute atomic E-state index is 7.44. The highest BCUT2D eigenvalue weighted by atomic mass is 16.5. The Labute approximate surface area is 117 Å². The molecule has 0 atom stereocenters. The molecule has 0 radical (unpaired) electrons. The van der Waals surface area contributed by atoms with Gasteiger partial charge in [0, 0.05) is 24.4 Å². The zero-order valence-electron chi connectivity index (χ0n) is 11.6. The lowest BCUT2D eigenvalue weighted by molar-refractivity contribution is 0.269. The van der Waals surface area contributed by atoms with Gasteiger partial charge in [0.05, 0.1) is 12.8 Å². The topological polar surface area (TPSA) is 86.2 Å². The summed E-state index contributed by atoms with van der Waals surface area (Å²) in [6, 6.07) is 5.21. The molecule has 1 aromatic carbocycles. The van der Waals surface area contributed by atoms with Crippen LogP contribution >= 0.6 is 0 Å². The smallest absolute Gasteiger partial charge is 0.161 e. The van der Waals surface area contributed by atoms with E-state index in [9.17, 15) is 0 Å². The molecule has 6 nitrogen and oxygen atoms in total. The van der Waals surface area contributed by atoms with E-state index in [2.05, 4.69) is 5.10 Å². The Bertz CT molecular complexity index is 607. The number of benzene rings is 1. The number of nitrogen functional groups attached to an aromatic ring is 1. The molecule has 106 valence electrons. The molecule has 0 aliphatic carbocycles. The molecule has 1 heterocycles. The Morgan fingerprint density at radius 1 is 1.35 bits per heavy atom. The molecular formula is C14H18N4O2. The summed E-state index contributed by atoms with van der Waals surface area (Å²) in [4.78, 5) is 0. The minimum atomic E-state index is 0.00441. The number of rotatable bonds is 6. The number of nitrogens with one attached hydrogen (secondary N) is 1. The molecule has 0 amide bonds. The molecule has 0 saturated carbocycles. The minimum Gasteiger partial charge on any atom is -0.490 e. The van der Waals surface area contributed by atoms with Crippen molar-refractivity contribution in [1.82, 2.24) is 9.78 Å². The van der Waals surface area contributed by atoms with Gasteiger partial charge in [-0.25, -0.2) is 0 Å². The molecule has 0 bridgehead atoms. The van der Waals surface area contributed by atoms with E-state index in [-0.39, 0.29) is 5.84 Å². The number of ether oxygens (including phenoxy) is 2. The van der Waals surface area contributed by atoms with Gasteiger partial charge in [0.2, 0.25) is 0 Å². The molecule has 0 fully saturated rings. The van der Waals surface area contributed by atoms with Gasteiger partial charge in [-0.05, 0) is 25.1 Å². The third kappa shape index (κ3) is 3.28. The summed E-state index contributed by atoms with van der Waals surface area (Å²) in [5.74, 6) is 1.22. The van der Waals surface area contributed by atoms with Gasteiger partial charge in [-0.2, -0.15) is 5.10 Å². The first-order valence-electron chi connectivity index (χ1n) is 6.31. The number of nitrogens with zero attached hydrogens (tertiary/aromatic N) is 2. The van der Waals surface area contributed by atoms with E-state index in [1.54, 1.807) is 29.1 Å².